The Morgan fingerprint density at radius 1 is 1.44 bits per heavy atom. The molecule has 3 aromatic rings. The van der Waals surface area contributed by atoms with Crippen LogP contribution in [0.2, 0.25) is 0 Å². The third kappa shape index (κ3) is 1.78. The number of nitrogens with two attached hydrogens (primary N) is 1. The van der Waals surface area contributed by atoms with Gasteiger partial charge in [-0.05, 0) is 11.4 Å². The van der Waals surface area contributed by atoms with Gasteiger partial charge < -0.3 is 11.1 Å². The molecule has 3 N–H and O–H groups in total. The molecule has 3 heterocycles. The van der Waals surface area contributed by atoms with E-state index in [1.807, 2.05) is 18.5 Å². The molecule has 0 fully saturated rings. The second kappa shape index (κ2) is 4.26. The van der Waals surface area contributed by atoms with Crippen molar-refractivity contribution in [1.29, 1.82) is 0 Å². The van der Waals surface area contributed by atoms with Crippen LogP contribution in [-0.4, -0.2) is 19.7 Å². The lowest BCUT2D eigenvalue weighted by Gasteiger charge is -2.05. The van der Waals surface area contributed by atoms with Crippen LogP contribution in [0.25, 0.3) is 10.2 Å². The number of hydrogen-bond donors (Lipinski definition) is 2. The van der Waals surface area contributed by atoms with Crippen LogP contribution in [0.1, 0.15) is 5.56 Å². The minimum atomic E-state index is 0.601. The van der Waals surface area contributed by atoms with Crippen molar-refractivity contribution in [3.05, 3.63) is 29.5 Å². The second-order valence-electron chi connectivity index (χ2n) is 3.89. The number of thiophene rings is 1. The van der Waals surface area contributed by atoms with Crippen molar-refractivity contribution >= 4 is 33.2 Å². The van der Waals surface area contributed by atoms with E-state index in [1.165, 1.54) is 0 Å². The highest BCUT2D eigenvalue weighted by Gasteiger charge is 2.07. The van der Waals surface area contributed by atoms with Crippen molar-refractivity contribution in [3.8, 4) is 0 Å². The van der Waals surface area contributed by atoms with Gasteiger partial charge in [0.1, 0.15) is 18.0 Å². The molecule has 0 spiro atoms. The fourth-order valence-corrected chi connectivity index (χ4v) is 2.53. The van der Waals surface area contributed by atoms with E-state index < -0.39 is 0 Å². The molecule has 0 unspecified atom stereocenters. The lowest BCUT2D eigenvalue weighted by atomic mass is 10.3. The average molecular weight is 260 g/mol. The van der Waals surface area contributed by atoms with Gasteiger partial charge in [-0.3, -0.25) is 4.68 Å². The summed E-state index contributed by atoms with van der Waals surface area (Å²) < 4.78 is 2.71. The number of anilines is 2. The molecule has 0 radical (unpaired) electrons. The SMILES string of the molecule is Cn1ncc(CNc2ncnc3ccsc23)c1N. The molecule has 0 aliphatic carbocycles. The molecule has 92 valence electrons. The highest BCUT2D eigenvalue weighted by atomic mass is 32.1. The van der Waals surface area contributed by atoms with Crippen molar-refractivity contribution in [2.24, 2.45) is 7.05 Å². The second-order valence-corrected chi connectivity index (χ2v) is 4.81. The first-order chi connectivity index (χ1) is 8.75. The molecule has 7 heteroatoms. The van der Waals surface area contributed by atoms with Crippen molar-refractivity contribution in [1.82, 2.24) is 19.7 Å². The van der Waals surface area contributed by atoms with Crippen LogP contribution < -0.4 is 11.1 Å². The maximum atomic E-state index is 5.89. The zero-order valence-electron chi connectivity index (χ0n) is 9.79. The Labute approximate surface area is 107 Å². The number of nitrogens with one attached hydrogen (secondary N) is 1. The summed E-state index contributed by atoms with van der Waals surface area (Å²) in [4.78, 5) is 8.45. The Balaban J connectivity index is 1.85. The fourth-order valence-electron chi connectivity index (χ4n) is 1.72. The third-order valence-electron chi connectivity index (χ3n) is 2.75. The van der Waals surface area contributed by atoms with Crippen molar-refractivity contribution in [3.63, 3.8) is 0 Å². The molecule has 0 aliphatic rings. The van der Waals surface area contributed by atoms with Gasteiger partial charge in [-0.25, -0.2) is 9.97 Å². The normalized spacial score (nSPS) is 10.9. The van der Waals surface area contributed by atoms with Gasteiger partial charge in [-0.1, -0.05) is 0 Å². The molecule has 6 nitrogen and oxygen atoms in total. The first-order valence-corrected chi connectivity index (χ1v) is 6.32. The van der Waals surface area contributed by atoms with Crippen molar-refractivity contribution < 1.29 is 0 Å². The van der Waals surface area contributed by atoms with Crippen LogP contribution in [0.5, 0.6) is 0 Å². The summed E-state index contributed by atoms with van der Waals surface area (Å²) in [6, 6.07) is 1.98. The zero-order valence-corrected chi connectivity index (χ0v) is 10.6. The van der Waals surface area contributed by atoms with E-state index in [9.17, 15) is 0 Å². The zero-order chi connectivity index (χ0) is 12.5. The van der Waals surface area contributed by atoms with Crippen molar-refractivity contribution in [2.45, 2.75) is 6.54 Å². The molecule has 3 aromatic heterocycles. The van der Waals surface area contributed by atoms with E-state index >= 15 is 0 Å². The summed E-state index contributed by atoms with van der Waals surface area (Å²) in [7, 11) is 1.82. The standard InChI is InChI=1S/C11H12N6S/c1-17-10(12)7(5-16-17)4-13-11-9-8(2-3-18-9)14-6-15-11/h2-3,5-6H,4,12H2,1H3,(H,13,14,15). The molecule has 0 bridgehead atoms. The summed E-state index contributed by atoms with van der Waals surface area (Å²) in [6.45, 7) is 0.601. The molecule has 0 atom stereocenters. The fraction of sp³-hybridized carbons (Fsp3) is 0.182. The Morgan fingerprint density at radius 2 is 2.33 bits per heavy atom. The molecule has 0 aliphatic heterocycles. The van der Waals surface area contributed by atoms with Crippen LogP contribution in [0.4, 0.5) is 11.6 Å². The largest absolute Gasteiger partial charge is 0.384 e. The highest BCUT2D eigenvalue weighted by molar-refractivity contribution is 7.17. The van der Waals surface area contributed by atoms with Gasteiger partial charge in [0.15, 0.2) is 0 Å². The van der Waals surface area contributed by atoms with E-state index in [4.69, 9.17) is 5.73 Å². The van der Waals surface area contributed by atoms with Gasteiger partial charge in [0.05, 0.1) is 16.4 Å². The molecule has 18 heavy (non-hydrogen) atoms. The average Bonchev–Trinajstić information content (AvgIpc) is 2.97. The molecule has 3 rings (SSSR count). The van der Waals surface area contributed by atoms with E-state index in [1.54, 1.807) is 28.5 Å². The van der Waals surface area contributed by atoms with Gasteiger partial charge in [0.25, 0.3) is 0 Å². The molecule has 0 aromatic carbocycles. The van der Waals surface area contributed by atoms with Gasteiger partial charge >= 0.3 is 0 Å². The summed E-state index contributed by atoms with van der Waals surface area (Å²) in [5, 5.41) is 9.38. The van der Waals surface area contributed by atoms with E-state index in [-0.39, 0.29) is 0 Å². The maximum Gasteiger partial charge on any atom is 0.147 e. The monoisotopic (exact) mass is 260 g/mol. The van der Waals surface area contributed by atoms with Gasteiger partial charge in [0, 0.05) is 19.2 Å². The smallest absolute Gasteiger partial charge is 0.147 e. The Hall–Kier alpha value is -2.15. The number of nitrogen functional groups attached to an aromatic ring is 1. The summed E-state index contributed by atoms with van der Waals surface area (Å²) in [5.74, 6) is 1.50. The first-order valence-electron chi connectivity index (χ1n) is 5.44. The lowest BCUT2D eigenvalue weighted by molar-refractivity contribution is 0.778. The predicted molar refractivity (Wildman–Crippen MR) is 72.4 cm³/mol. The quantitative estimate of drug-likeness (QED) is 0.748. The van der Waals surface area contributed by atoms with Crippen LogP contribution in [0, 0.1) is 0 Å². The van der Waals surface area contributed by atoms with Crippen LogP contribution >= 0.6 is 11.3 Å². The highest BCUT2D eigenvalue weighted by Crippen LogP contribution is 2.25. The summed E-state index contributed by atoms with van der Waals surface area (Å²) in [5.41, 5.74) is 7.80. The minimum Gasteiger partial charge on any atom is -0.384 e. The van der Waals surface area contributed by atoms with E-state index in [0.717, 1.165) is 21.6 Å². The number of aromatic nitrogens is 4. The summed E-state index contributed by atoms with van der Waals surface area (Å²) >= 11 is 1.62. The summed E-state index contributed by atoms with van der Waals surface area (Å²) in [6.07, 6.45) is 3.32. The van der Waals surface area contributed by atoms with E-state index in [2.05, 4.69) is 20.4 Å². The van der Waals surface area contributed by atoms with Gasteiger partial charge in [-0.2, -0.15) is 5.10 Å². The molecule has 0 saturated carbocycles. The van der Waals surface area contributed by atoms with Crippen molar-refractivity contribution in [2.75, 3.05) is 11.1 Å². The Bertz CT molecular complexity index is 686. The van der Waals surface area contributed by atoms with Gasteiger partial charge in [-0.15, -0.1) is 11.3 Å². The molecular formula is C11H12N6S. The number of nitrogens with zero attached hydrogens (tertiary/aromatic N) is 4. The number of fused-ring (bicyclic) bond motifs is 1. The van der Waals surface area contributed by atoms with E-state index in [0.29, 0.717) is 12.4 Å². The first kappa shape index (κ1) is 11.0. The third-order valence-corrected chi connectivity index (χ3v) is 3.66. The molecule has 0 saturated heterocycles. The van der Waals surface area contributed by atoms with Gasteiger partial charge in [0.2, 0.25) is 0 Å². The lowest BCUT2D eigenvalue weighted by Crippen LogP contribution is -2.05. The maximum absolute atomic E-state index is 5.89. The number of aryl methyl sites for hydroxylation is 1. The Kier molecular flexibility index (Phi) is 2.60. The van der Waals surface area contributed by atoms with Crippen LogP contribution in [-0.2, 0) is 13.6 Å². The minimum absolute atomic E-state index is 0.601. The molecular weight excluding hydrogens is 248 g/mol. The number of rotatable bonds is 3. The topological polar surface area (TPSA) is 81.7 Å². The molecule has 0 amide bonds. The van der Waals surface area contributed by atoms with Crippen LogP contribution in [0.3, 0.4) is 0 Å². The Morgan fingerprint density at radius 3 is 3.11 bits per heavy atom. The number of hydrogen-bond acceptors (Lipinski definition) is 6. The van der Waals surface area contributed by atoms with Crippen LogP contribution in [0.15, 0.2) is 24.0 Å². The predicted octanol–water partition coefficient (Wildman–Crippen LogP) is 1.62.